The zero-order chi connectivity index (χ0) is 52.2. The van der Waals surface area contributed by atoms with E-state index in [0.717, 1.165) is 0 Å². The Morgan fingerprint density at radius 3 is 1.99 bits per heavy atom. The highest BCUT2D eigenvalue weighted by molar-refractivity contribution is 5.98. The molecule has 1 aromatic carbocycles. The molecule has 0 saturated carbocycles. The molecule has 70 heavy (non-hydrogen) atoms. The molecule has 25 nitrogen and oxygen atoms in total. The number of benzene rings is 1. The van der Waals surface area contributed by atoms with Crippen molar-refractivity contribution < 1.29 is 58.5 Å². The standard InChI is InChI=1S/C45H69N13O12/c1-6-24(4)35(41(66)53-30(19-27-21-49-22-51-27)43(68)58-17-11-15-32(58)39(64)54-31(44(69)70)18-26-12-8-7-9-13-26)56-42(67)36(25(5)59)57-40(65)34(23(2)3)55-38(63)29(14-10-16-50-45(47)48)52-37(62)28(46)20-33(60)61/h7-9,12-13,21-25,28-32,34-36,59H,6,10-11,14-20,46H2,1-5H3,(H,49,51)(H,52,62)(H,53,66)(H,54,64)(H,55,63)(H,56,67)(H,57,65)(H,60,61)(H,69,70)(H4,47,48,50). The monoisotopic (exact) mass is 984 g/mol. The molecule has 10 unspecified atom stereocenters. The van der Waals surface area contributed by atoms with E-state index in [1.165, 1.54) is 24.3 Å². The lowest BCUT2D eigenvalue weighted by atomic mass is 9.96. The van der Waals surface area contributed by atoms with Crippen molar-refractivity contribution in [1.29, 1.82) is 0 Å². The van der Waals surface area contributed by atoms with Gasteiger partial charge in [0.25, 0.3) is 0 Å². The van der Waals surface area contributed by atoms with Gasteiger partial charge in [-0.3, -0.25) is 43.3 Å². The fraction of sp³-hybridized carbons (Fsp3) is 0.578. The highest BCUT2D eigenvalue weighted by Gasteiger charge is 2.41. The van der Waals surface area contributed by atoms with E-state index in [0.29, 0.717) is 24.1 Å². The summed E-state index contributed by atoms with van der Waals surface area (Å²) in [6, 6.07) is -2.22. The number of rotatable bonds is 28. The molecule has 1 aliphatic heterocycles. The van der Waals surface area contributed by atoms with Crippen molar-refractivity contribution >= 4 is 59.2 Å². The molecule has 386 valence electrons. The van der Waals surface area contributed by atoms with Crippen molar-refractivity contribution in [2.45, 2.75) is 140 Å². The molecule has 2 aromatic rings. The third kappa shape index (κ3) is 17.7. The van der Waals surface area contributed by atoms with Crippen LogP contribution in [0.3, 0.4) is 0 Å². The number of hydrogen-bond acceptors (Lipinski definition) is 13. The van der Waals surface area contributed by atoms with Crippen molar-refractivity contribution in [3.05, 3.63) is 54.1 Å². The molecule has 0 bridgehead atoms. The second-order valence-electron chi connectivity index (χ2n) is 17.7. The van der Waals surface area contributed by atoms with Gasteiger partial charge in [0.2, 0.25) is 41.4 Å². The third-order valence-corrected chi connectivity index (χ3v) is 11.7. The van der Waals surface area contributed by atoms with Crippen molar-refractivity contribution in [2.75, 3.05) is 13.1 Å². The lowest BCUT2D eigenvalue weighted by Crippen LogP contribution is -2.63. The smallest absolute Gasteiger partial charge is 0.326 e. The van der Waals surface area contributed by atoms with Gasteiger partial charge in [-0.05, 0) is 50.0 Å². The Bertz CT molecular complexity index is 2140. The average molecular weight is 984 g/mol. The number of hydrogen-bond donors (Lipinski definition) is 13. The van der Waals surface area contributed by atoms with Crippen molar-refractivity contribution in [3.63, 3.8) is 0 Å². The molecule has 0 aliphatic carbocycles. The normalized spacial score (nSPS) is 17.2. The van der Waals surface area contributed by atoms with Crippen LogP contribution in [0.4, 0.5) is 0 Å². The summed E-state index contributed by atoms with van der Waals surface area (Å²) in [5.41, 5.74) is 17.6. The molecule has 3 rings (SSSR count). The van der Waals surface area contributed by atoms with Crippen LogP contribution < -0.4 is 49.1 Å². The summed E-state index contributed by atoms with van der Waals surface area (Å²) in [5.74, 6) is -9.96. The number of H-pyrrole nitrogens is 1. The van der Waals surface area contributed by atoms with Crippen LogP contribution in [0.1, 0.15) is 84.4 Å². The van der Waals surface area contributed by atoms with E-state index in [9.17, 15) is 53.4 Å². The molecule has 1 fully saturated rings. The van der Waals surface area contributed by atoms with Gasteiger partial charge in [-0.15, -0.1) is 0 Å². The largest absolute Gasteiger partial charge is 0.481 e. The number of nitrogens with two attached hydrogens (primary N) is 3. The number of imidazole rings is 1. The molecule has 0 radical (unpaired) electrons. The van der Waals surface area contributed by atoms with Gasteiger partial charge in [-0.2, -0.15) is 0 Å². The molecule has 16 N–H and O–H groups in total. The minimum atomic E-state index is -1.70. The quantitative estimate of drug-likeness (QED) is 0.0231. The summed E-state index contributed by atoms with van der Waals surface area (Å²) in [6.07, 6.45) is 1.47. The van der Waals surface area contributed by atoms with Crippen molar-refractivity contribution in [1.82, 2.24) is 46.8 Å². The average Bonchev–Trinajstić information content (AvgIpc) is 4.02. The van der Waals surface area contributed by atoms with E-state index in [-0.39, 0.29) is 51.2 Å². The van der Waals surface area contributed by atoms with Crippen LogP contribution in [-0.4, -0.2) is 157 Å². The van der Waals surface area contributed by atoms with Crippen molar-refractivity contribution in [3.8, 4) is 0 Å². The molecule has 0 spiro atoms. The van der Waals surface area contributed by atoms with Gasteiger partial charge in [0, 0.05) is 37.8 Å². The summed E-state index contributed by atoms with van der Waals surface area (Å²) < 4.78 is 0. The van der Waals surface area contributed by atoms with E-state index >= 15 is 0 Å². The lowest BCUT2D eigenvalue weighted by molar-refractivity contribution is -0.145. The number of nitrogens with one attached hydrogen (secondary N) is 7. The summed E-state index contributed by atoms with van der Waals surface area (Å²) in [4.78, 5) is 132. The molecule has 7 amide bonds. The summed E-state index contributed by atoms with van der Waals surface area (Å²) >= 11 is 0. The fourth-order valence-electron chi connectivity index (χ4n) is 7.61. The number of aliphatic imine (C=N–C) groups is 1. The zero-order valence-corrected chi connectivity index (χ0v) is 40.1. The Balaban J connectivity index is 1.82. The second kappa shape index (κ2) is 27.7. The van der Waals surface area contributed by atoms with Gasteiger partial charge in [0.05, 0.1) is 24.9 Å². The lowest BCUT2D eigenvalue weighted by Gasteiger charge is -2.32. The van der Waals surface area contributed by atoms with Gasteiger partial charge in [0.1, 0.15) is 42.3 Å². The molecule has 1 aromatic heterocycles. The topological polar surface area (TPSA) is 409 Å². The van der Waals surface area contributed by atoms with Crippen LogP contribution in [0.2, 0.25) is 0 Å². The number of carbonyl (C=O) groups is 9. The van der Waals surface area contributed by atoms with Crippen LogP contribution in [0.5, 0.6) is 0 Å². The number of carboxylic acid groups (broad SMARTS) is 2. The SMILES string of the molecule is CCC(C)C(NC(=O)C(NC(=O)C(NC(=O)C(CCCN=C(N)N)NC(=O)C(N)CC(=O)O)C(C)C)C(C)O)C(=O)NC(Cc1cnc[nH]1)C(=O)N1CCCC1C(=O)NC(Cc1ccccc1)C(=O)O. The fourth-order valence-corrected chi connectivity index (χ4v) is 7.61. The number of amides is 7. The first-order valence-electron chi connectivity index (χ1n) is 23.1. The number of aromatic nitrogens is 2. The Labute approximate surface area is 405 Å². The minimum absolute atomic E-state index is 0.00199. The van der Waals surface area contributed by atoms with Crippen LogP contribution in [0, 0.1) is 11.8 Å². The first-order chi connectivity index (χ1) is 33.0. The van der Waals surface area contributed by atoms with Gasteiger partial charge in [0.15, 0.2) is 5.96 Å². The number of aliphatic hydroxyl groups is 1. The maximum atomic E-state index is 14.4. The molecular formula is C45H69N13O12. The first-order valence-corrected chi connectivity index (χ1v) is 23.1. The summed E-state index contributed by atoms with van der Waals surface area (Å²) in [7, 11) is 0. The maximum Gasteiger partial charge on any atom is 0.326 e. The molecule has 10 atom stereocenters. The Kier molecular flexibility index (Phi) is 22.7. The predicted molar refractivity (Wildman–Crippen MR) is 253 cm³/mol. The highest BCUT2D eigenvalue weighted by atomic mass is 16.4. The van der Waals surface area contributed by atoms with Crippen LogP contribution in [0.15, 0.2) is 47.8 Å². The Morgan fingerprint density at radius 1 is 0.800 bits per heavy atom. The van der Waals surface area contributed by atoms with Gasteiger partial charge in [-0.1, -0.05) is 64.4 Å². The molecule has 2 heterocycles. The number of likely N-dealkylation sites (tertiary alicyclic amines) is 1. The van der Waals surface area contributed by atoms with E-state index in [1.807, 2.05) is 0 Å². The number of guanidine groups is 1. The number of nitrogens with zero attached hydrogens (tertiary/aromatic N) is 3. The number of carbonyl (C=O) groups excluding carboxylic acids is 7. The molecule has 1 aliphatic rings. The van der Waals surface area contributed by atoms with Gasteiger partial charge < -0.3 is 74.3 Å². The van der Waals surface area contributed by atoms with Gasteiger partial charge >= 0.3 is 11.9 Å². The molecule has 25 heteroatoms. The van der Waals surface area contributed by atoms with E-state index < -0.39 is 126 Å². The number of aliphatic hydroxyl groups excluding tert-OH is 1. The third-order valence-electron chi connectivity index (χ3n) is 11.7. The van der Waals surface area contributed by atoms with Crippen LogP contribution >= 0.6 is 0 Å². The first kappa shape index (κ1) is 57.2. The minimum Gasteiger partial charge on any atom is -0.481 e. The maximum absolute atomic E-state index is 14.4. The summed E-state index contributed by atoms with van der Waals surface area (Å²) in [6.45, 7) is 7.97. The van der Waals surface area contributed by atoms with Crippen LogP contribution in [-0.2, 0) is 56.0 Å². The predicted octanol–water partition coefficient (Wildman–Crippen LogP) is -2.88. The van der Waals surface area contributed by atoms with E-state index in [2.05, 4.69) is 46.9 Å². The second-order valence-corrected chi connectivity index (χ2v) is 17.7. The zero-order valence-electron chi connectivity index (χ0n) is 40.1. The van der Waals surface area contributed by atoms with Crippen molar-refractivity contribution in [2.24, 2.45) is 34.0 Å². The number of aliphatic carboxylic acids is 2. The Hall–Kier alpha value is -7.15. The molecular weight excluding hydrogens is 915 g/mol. The number of aromatic amines is 1. The highest BCUT2D eigenvalue weighted by Crippen LogP contribution is 2.21. The van der Waals surface area contributed by atoms with Gasteiger partial charge in [-0.25, -0.2) is 9.78 Å². The van der Waals surface area contributed by atoms with Crippen LogP contribution in [0.25, 0.3) is 0 Å². The summed E-state index contributed by atoms with van der Waals surface area (Å²) in [5, 5.41) is 45.2. The Morgan fingerprint density at radius 2 is 1.41 bits per heavy atom. The van der Waals surface area contributed by atoms with E-state index in [4.69, 9.17) is 22.3 Å². The van der Waals surface area contributed by atoms with E-state index in [1.54, 1.807) is 58.0 Å². The number of carboxylic acids is 2. The molecule has 1 saturated heterocycles.